The molecule has 0 aromatic carbocycles. The Morgan fingerprint density at radius 1 is 1.45 bits per heavy atom. The second kappa shape index (κ2) is 4.04. The van der Waals surface area contributed by atoms with Gasteiger partial charge in [0, 0.05) is 5.54 Å². The smallest absolute Gasteiger partial charge is 0.0947 e. The lowest BCUT2D eigenvalue weighted by Crippen LogP contribution is -2.47. The van der Waals surface area contributed by atoms with Crippen molar-refractivity contribution < 1.29 is 9.84 Å². The van der Waals surface area contributed by atoms with E-state index >= 15 is 0 Å². The van der Waals surface area contributed by atoms with Crippen LogP contribution in [0.15, 0.2) is 0 Å². The minimum absolute atomic E-state index is 0.145. The van der Waals surface area contributed by atoms with Gasteiger partial charge in [0.15, 0.2) is 0 Å². The van der Waals surface area contributed by atoms with E-state index in [9.17, 15) is 5.11 Å². The summed E-state index contributed by atoms with van der Waals surface area (Å²) < 4.78 is 5.20. The topological polar surface area (TPSA) is 55.5 Å². The largest absolute Gasteiger partial charge is 0.389 e. The van der Waals surface area contributed by atoms with E-state index in [0.29, 0.717) is 6.61 Å². The fraction of sp³-hybridized carbons (Fsp3) is 1.00. The maximum atomic E-state index is 9.38. The molecule has 0 saturated heterocycles. The van der Waals surface area contributed by atoms with Crippen molar-refractivity contribution in [2.24, 2.45) is 5.73 Å². The van der Waals surface area contributed by atoms with E-state index in [-0.39, 0.29) is 6.10 Å². The van der Waals surface area contributed by atoms with Gasteiger partial charge in [-0.25, -0.2) is 0 Å². The van der Waals surface area contributed by atoms with Gasteiger partial charge in [0.2, 0.25) is 0 Å². The third kappa shape index (κ3) is 5.18. The van der Waals surface area contributed by atoms with E-state index < -0.39 is 11.6 Å². The summed E-state index contributed by atoms with van der Waals surface area (Å²) in [5, 5.41) is 9.38. The number of hydrogen-bond acceptors (Lipinski definition) is 3. The first kappa shape index (κ1) is 10.9. The minimum Gasteiger partial charge on any atom is -0.389 e. The van der Waals surface area contributed by atoms with E-state index in [1.807, 2.05) is 13.8 Å². The summed E-state index contributed by atoms with van der Waals surface area (Å²) in [5.74, 6) is 0. The molecule has 11 heavy (non-hydrogen) atoms. The van der Waals surface area contributed by atoms with Crippen LogP contribution in [0.25, 0.3) is 0 Å². The third-order valence-electron chi connectivity index (χ3n) is 1.45. The number of hydrogen-bond donors (Lipinski definition) is 2. The average Bonchev–Trinajstić information content (AvgIpc) is 1.80. The molecule has 1 unspecified atom stereocenters. The molecular formula is C8H19NO2. The summed E-state index contributed by atoms with van der Waals surface area (Å²) in [5.41, 5.74) is 5.06. The number of rotatable bonds is 4. The average molecular weight is 161 g/mol. The van der Waals surface area contributed by atoms with Crippen LogP contribution in [-0.2, 0) is 4.74 Å². The lowest BCUT2D eigenvalue weighted by Gasteiger charge is -2.26. The molecule has 0 aliphatic heterocycles. The Bertz CT molecular complexity index is 107. The fourth-order valence-corrected chi connectivity index (χ4v) is 0.498. The number of nitrogens with two attached hydrogens (primary N) is 1. The lowest BCUT2D eigenvalue weighted by atomic mass is 10.00. The van der Waals surface area contributed by atoms with E-state index in [0.717, 1.165) is 0 Å². The van der Waals surface area contributed by atoms with Gasteiger partial charge in [0.25, 0.3) is 0 Å². The first-order chi connectivity index (χ1) is 4.84. The van der Waals surface area contributed by atoms with Crippen LogP contribution in [0, 0.1) is 0 Å². The normalized spacial score (nSPS) is 15.5. The molecule has 0 bridgehead atoms. The van der Waals surface area contributed by atoms with Gasteiger partial charge in [-0.1, -0.05) is 0 Å². The van der Waals surface area contributed by atoms with Gasteiger partial charge in [0.1, 0.15) is 0 Å². The van der Waals surface area contributed by atoms with Crippen molar-refractivity contribution in [2.75, 3.05) is 6.61 Å². The highest BCUT2D eigenvalue weighted by atomic mass is 16.5. The molecular weight excluding hydrogens is 142 g/mol. The zero-order chi connectivity index (χ0) is 9.07. The highest BCUT2D eigenvalue weighted by Crippen LogP contribution is 2.05. The van der Waals surface area contributed by atoms with Crippen LogP contribution in [0.5, 0.6) is 0 Å². The molecule has 0 aliphatic carbocycles. The van der Waals surface area contributed by atoms with Crippen LogP contribution in [0.2, 0.25) is 0 Å². The molecule has 68 valence electrons. The van der Waals surface area contributed by atoms with Gasteiger partial charge in [-0.2, -0.15) is 0 Å². The summed E-state index contributed by atoms with van der Waals surface area (Å²) in [4.78, 5) is 0. The van der Waals surface area contributed by atoms with Crippen LogP contribution in [-0.4, -0.2) is 29.5 Å². The Balaban J connectivity index is 3.61. The number of ether oxygens (including phenoxy) is 1. The lowest BCUT2D eigenvalue weighted by molar-refractivity contribution is -0.0204. The molecule has 0 heterocycles. The zero-order valence-corrected chi connectivity index (χ0v) is 7.79. The van der Waals surface area contributed by atoms with Crippen LogP contribution < -0.4 is 5.73 Å². The highest BCUT2D eigenvalue weighted by molar-refractivity contribution is 4.81. The predicted octanol–water partition coefficient (Wildman–Crippen LogP) is 0.510. The summed E-state index contributed by atoms with van der Waals surface area (Å²) in [6.07, 6.45) is -0.447. The molecule has 3 heteroatoms. The van der Waals surface area contributed by atoms with E-state index in [1.165, 1.54) is 0 Å². The molecule has 0 radical (unpaired) electrons. The van der Waals surface area contributed by atoms with Crippen molar-refractivity contribution in [3.05, 3.63) is 0 Å². The number of aliphatic hydroxyl groups is 1. The molecule has 0 fully saturated rings. The highest BCUT2D eigenvalue weighted by Gasteiger charge is 2.22. The molecule has 0 amide bonds. The second-order valence-corrected chi connectivity index (χ2v) is 3.72. The van der Waals surface area contributed by atoms with Gasteiger partial charge in [-0.15, -0.1) is 0 Å². The van der Waals surface area contributed by atoms with Gasteiger partial charge >= 0.3 is 0 Å². The second-order valence-electron chi connectivity index (χ2n) is 3.72. The molecule has 0 spiro atoms. The molecule has 3 nitrogen and oxygen atoms in total. The summed E-state index contributed by atoms with van der Waals surface area (Å²) >= 11 is 0. The van der Waals surface area contributed by atoms with Gasteiger partial charge in [-0.3, -0.25) is 0 Å². The Morgan fingerprint density at radius 2 is 1.91 bits per heavy atom. The van der Waals surface area contributed by atoms with E-state index in [4.69, 9.17) is 10.5 Å². The minimum atomic E-state index is -0.593. The number of aliphatic hydroxyl groups excluding tert-OH is 1. The van der Waals surface area contributed by atoms with Gasteiger partial charge in [0.05, 0.1) is 18.8 Å². The van der Waals surface area contributed by atoms with Crippen molar-refractivity contribution in [1.82, 2.24) is 0 Å². The summed E-state index contributed by atoms with van der Waals surface area (Å²) in [6, 6.07) is 0. The molecule has 0 aromatic rings. The van der Waals surface area contributed by atoms with Crippen LogP contribution in [0.3, 0.4) is 0 Å². The molecule has 0 aliphatic rings. The van der Waals surface area contributed by atoms with Crippen LogP contribution in [0.4, 0.5) is 0 Å². The predicted molar refractivity (Wildman–Crippen MR) is 45.4 cm³/mol. The standard InChI is InChI=1S/C8H19NO2/c1-6(2)11-5-7(10)8(3,4)9/h6-7,10H,5,9H2,1-4H3. The molecule has 0 saturated carbocycles. The molecule has 0 aromatic heterocycles. The monoisotopic (exact) mass is 161 g/mol. The maximum absolute atomic E-state index is 9.38. The summed E-state index contributed by atoms with van der Waals surface area (Å²) in [6.45, 7) is 7.72. The van der Waals surface area contributed by atoms with Crippen molar-refractivity contribution in [3.8, 4) is 0 Å². The molecule has 3 N–H and O–H groups in total. The van der Waals surface area contributed by atoms with Gasteiger partial charge in [-0.05, 0) is 27.7 Å². The Hall–Kier alpha value is -0.120. The van der Waals surface area contributed by atoms with E-state index in [2.05, 4.69) is 0 Å². The zero-order valence-electron chi connectivity index (χ0n) is 7.79. The fourth-order valence-electron chi connectivity index (χ4n) is 0.498. The quantitative estimate of drug-likeness (QED) is 0.631. The van der Waals surface area contributed by atoms with Crippen molar-refractivity contribution in [3.63, 3.8) is 0 Å². The Kier molecular flexibility index (Phi) is 4.00. The van der Waals surface area contributed by atoms with Crippen molar-refractivity contribution in [1.29, 1.82) is 0 Å². The molecule has 1 atom stereocenters. The van der Waals surface area contributed by atoms with Crippen LogP contribution >= 0.6 is 0 Å². The Morgan fingerprint density at radius 3 is 2.18 bits per heavy atom. The van der Waals surface area contributed by atoms with Crippen molar-refractivity contribution >= 4 is 0 Å². The third-order valence-corrected chi connectivity index (χ3v) is 1.45. The Labute approximate surface area is 68.5 Å². The van der Waals surface area contributed by atoms with Crippen molar-refractivity contribution in [2.45, 2.75) is 45.4 Å². The van der Waals surface area contributed by atoms with E-state index in [1.54, 1.807) is 13.8 Å². The SMILES string of the molecule is CC(C)OCC(O)C(C)(C)N. The first-order valence-corrected chi connectivity index (χ1v) is 3.92. The first-order valence-electron chi connectivity index (χ1n) is 3.92. The van der Waals surface area contributed by atoms with Gasteiger partial charge < -0.3 is 15.6 Å². The molecule has 0 rings (SSSR count). The maximum Gasteiger partial charge on any atom is 0.0947 e. The summed E-state index contributed by atoms with van der Waals surface area (Å²) in [7, 11) is 0. The van der Waals surface area contributed by atoms with Crippen LogP contribution in [0.1, 0.15) is 27.7 Å².